The van der Waals surface area contributed by atoms with Gasteiger partial charge in [-0.15, -0.1) is 0 Å². The molecule has 5 rings (SSSR count). The van der Waals surface area contributed by atoms with Crippen LogP contribution in [0, 0.1) is 5.92 Å². The molecule has 3 fully saturated rings. The summed E-state index contributed by atoms with van der Waals surface area (Å²) < 4.78 is 5.34. The van der Waals surface area contributed by atoms with Crippen LogP contribution in [0.4, 0.5) is 6.01 Å². The monoisotopic (exact) mass is 401 g/mol. The van der Waals surface area contributed by atoms with E-state index >= 15 is 0 Å². The number of fused-ring (bicyclic) bond motifs is 3. The first-order valence-electron chi connectivity index (χ1n) is 9.43. The standard InChI is InChI=1S/C19H23N5O3S/c1-11-16(13-7-9-24(11)10-8-13)21-17(26)14-3-5-15(6-4-14)28-19-23-22-18(27-19)20-12(2)25/h3-6,11,13,16H,7-10H2,1-2H3,(H,21,26)(H,20,22,25)/t11-,16-/m0/s1. The fraction of sp³-hybridized carbons (Fsp3) is 0.474. The van der Waals surface area contributed by atoms with Crippen LogP contribution in [0.1, 0.15) is 37.0 Å². The van der Waals surface area contributed by atoms with Crippen LogP contribution in [0.5, 0.6) is 0 Å². The highest BCUT2D eigenvalue weighted by molar-refractivity contribution is 7.99. The molecule has 3 aliphatic heterocycles. The largest absolute Gasteiger partial charge is 0.397 e. The lowest BCUT2D eigenvalue weighted by atomic mass is 9.79. The van der Waals surface area contributed by atoms with Crippen LogP contribution in [-0.2, 0) is 4.79 Å². The Hall–Kier alpha value is -2.39. The lowest BCUT2D eigenvalue weighted by Gasteiger charge is -2.49. The molecule has 1 aromatic heterocycles. The van der Waals surface area contributed by atoms with Gasteiger partial charge in [-0.3, -0.25) is 19.8 Å². The predicted molar refractivity (Wildman–Crippen MR) is 104 cm³/mol. The van der Waals surface area contributed by atoms with Crippen molar-refractivity contribution in [3.05, 3.63) is 29.8 Å². The summed E-state index contributed by atoms with van der Waals surface area (Å²) in [5.41, 5.74) is 0.637. The second-order valence-corrected chi connectivity index (χ2v) is 8.32. The molecule has 0 unspecified atom stereocenters. The van der Waals surface area contributed by atoms with Crippen molar-refractivity contribution in [3.63, 3.8) is 0 Å². The Morgan fingerprint density at radius 3 is 2.54 bits per heavy atom. The molecule has 4 heterocycles. The minimum atomic E-state index is -0.270. The molecule has 9 heteroatoms. The Morgan fingerprint density at radius 2 is 1.89 bits per heavy atom. The highest BCUT2D eigenvalue weighted by Gasteiger charge is 2.40. The van der Waals surface area contributed by atoms with E-state index in [1.54, 1.807) is 12.1 Å². The number of nitrogens with one attached hydrogen (secondary N) is 2. The molecular weight excluding hydrogens is 378 g/mol. The fourth-order valence-electron chi connectivity index (χ4n) is 4.01. The molecule has 0 spiro atoms. The third kappa shape index (κ3) is 4.05. The van der Waals surface area contributed by atoms with Crippen molar-refractivity contribution in [2.45, 2.75) is 48.9 Å². The average molecular weight is 401 g/mol. The third-order valence-corrected chi connectivity index (χ3v) is 6.33. The van der Waals surface area contributed by atoms with E-state index in [0.717, 1.165) is 30.8 Å². The SMILES string of the molecule is CC(=O)Nc1nnc(Sc2ccc(C(=O)N[C@@H]3C4CCN(CC4)[C@H]3C)cc2)o1. The third-order valence-electron chi connectivity index (χ3n) is 5.49. The fourth-order valence-corrected chi connectivity index (χ4v) is 4.68. The van der Waals surface area contributed by atoms with Gasteiger partial charge in [-0.05, 0) is 74.8 Å². The summed E-state index contributed by atoms with van der Waals surface area (Å²) in [6.07, 6.45) is 2.32. The van der Waals surface area contributed by atoms with Crippen molar-refractivity contribution >= 4 is 29.6 Å². The number of carbonyl (C=O) groups excluding carboxylic acids is 2. The molecule has 0 aliphatic carbocycles. The Morgan fingerprint density at radius 1 is 1.18 bits per heavy atom. The van der Waals surface area contributed by atoms with Gasteiger partial charge in [-0.2, -0.15) is 0 Å². The second-order valence-electron chi connectivity index (χ2n) is 7.29. The summed E-state index contributed by atoms with van der Waals surface area (Å²) in [5.74, 6) is 0.273. The molecule has 1 aromatic carbocycles. The topological polar surface area (TPSA) is 100 Å². The first kappa shape index (κ1) is 18.9. The Balaban J connectivity index is 1.37. The van der Waals surface area contributed by atoms with Crippen LogP contribution in [0.2, 0.25) is 0 Å². The number of anilines is 1. The lowest BCUT2D eigenvalue weighted by molar-refractivity contribution is -0.114. The molecular formula is C19H23N5O3S. The van der Waals surface area contributed by atoms with Crippen molar-refractivity contribution in [3.8, 4) is 0 Å². The maximum absolute atomic E-state index is 12.7. The summed E-state index contributed by atoms with van der Waals surface area (Å²) in [7, 11) is 0. The Bertz CT molecular complexity index is 859. The Labute approximate surface area is 167 Å². The van der Waals surface area contributed by atoms with Crippen LogP contribution in [0.3, 0.4) is 0 Å². The minimum Gasteiger partial charge on any atom is -0.397 e. The molecule has 8 nitrogen and oxygen atoms in total. The summed E-state index contributed by atoms with van der Waals surface area (Å²) in [6.45, 7) is 5.86. The van der Waals surface area contributed by atoms with E-state index in [0.29, 0.717) is 22.7 Å². The van der Waals surface area contributed by atoms with E-state index in [-0.39, 0.29) is 23.9 Å². The molecule has 2 bridgehead atoms. The molecule has 3 aliphatic rings. The predicted octanol–water partition coefficient (Wildman–Crippen LogP) is 2.39. The molecule has 2 N–H and O–H groups in total. The van der Waals surface area contributed by atoms with Crippen molar-refractivity contribution in [1.82, 2.24) is 20.4 Å². The maximum atomic E-state index is 12.7. The van der Waals surface area contributed by atoms with Crippen molar-refractivity contribution in [2.75, 3.05) is 18.4 Å². The molecule has 0 radical (unpaired) electrons. The number of benzene rings is 1. The molecule has 0 saturated carbocycles. The highest BCUT2D eigenvalue weighted by atomic mass is 32.2. The van der Waals surface area contributed by atoms with Crippen LogP contribution >= 0.6 is 11.8 Å². The number of hydrogen-bond acceptors (Lipinski definition) is 7. The number of aromatic nitrogens is 2. The van der Waals surface area contributed by atoms with Gasteiger partial charge in [-0.25, -0.2) is 0 Å². The van der Waals surface area contributed by atoms with Gasteiger partial charge < -0.3 is 9.73 Å². The zero-order chi connectivity index (χ0) is 19.7. The van der Waals surface area contributed by atoms with Gasteiger partial charge in [0.25, 0.3) is 11.1 Å². The van der Waals surface area contributed by atoms with Crippen molar-refractivity contribution < 1.29 is 14.0 Å². The van der Waals surface area contributed by atoms with Gasteiger partial charge in [-0.1, -0.05) is 10.2 Å². The molecule has 148 valence electrons. The number of hydrogen-bond donors (Lipinski definition) is 2. The van der Waals surface area contributed by atoms with E-state index in [1.807, 2.05) is 12.1 Å². The Kier molecular flexibility index (Phi) is 5.36. The van der Waals surface area contributed by atoms with Gasteiger partial charge in [0, 0.05) is 29.5 Å². The molecule has 2 aromatic rings. The quantitative estimate of drug-likeness (QED) is 0.793. The highest BCUT2D eigenvalue weighted by Crippen LogP contribution is 2.32. The van der Waals surface area contributed by atoms with Crippen molar-refractivity contribution in [2.24, 2.45) is 5.92 Å². The average Bonchev–Trinajstić information content (AvgIpc) is 3.11. The first-order chi connectivity index (χ1) is 13.5. The summed E-state index contributed by atoms with van der Waals surface area (Å²) >= 11 is 1.27. The van der Waals surface area contributed by atoms with Crippen LogP contribution < -0.4 is 10.6 Å². The van der Waals surface area contributed by atoms with E-state index in [2.05, 4.69) is 32.7 Å². The van der Waals surface area contributed by atoms with Crippen LogP contribution in [0.15, 0.2) is 38.8 Å². The van der Waals surface area contributed by atoms with E-state index in [4.69, 9.17) is 4.42 Å². The summed E-state index contributed by atoms with van der Waals surface area (Å²) in [5, 5.41) is 13.6. The second kappa shape index (κ2) is 7.92. The minimum absolute atomic E-state index is 0.0344. The number of carbonyl (C=O) groups is 2. The number of rotatable bonds is 5. The van der Waals surface area contributed by atoms with E-state index < -0.39 is 0 Å². The smallest absolute Gasteiger partial charge is 0.322 e. The lowest BCUT2D eigenvalue weighted by Crippen LogP contribution is -2.62. The van der Waals surface area contributed by atoms with Gasteiger partial charge >= 0.3 is 6.01 Å². The zero-order valence-electron chi connectivity index (χ0n) is 15.8. The van der Waals surface area contributed by atoms with Gasteiger partial charge in [0.05, 0.1) is 0 Å². The van der Waals surface area contributed by atoms with Gasteiger partial charge in [0.15, 0.2) is 0 Å². The van der Waals surface area contributed by atoms with Gasteiger partial charge in [0.1, 0.15) is 0 Å². The molecule has 2 amide bonds. The number of piperidine rings is 3. The maximum Gasteiger partial charge on any atom is 0.322 e. The molecule has 28 heavy (non-hydrogen) atoms. The van der Waals surface area contributed by atoms with E-state index in [9.17, 15) is 9.59 Å². The first-order valence-corrected chi connectivity index (χ1v) is 10.2. The number of amides is 2. The van der Waals surface area contributed by atoms with Crippen molar-refractivity contribution in [1.29, 1.82) is 0 Å². The van der Waals surface area contributed by atoms with E-state index in [1.165, 1.54) is 18.7 Å². The number of nitrogens with zero attached hydrogens (tertiary/aromatic N) is 3. The summed E-state index contributed by atoms with van der Waals surface area (Å²) in [4.78, 5) is 27.0. The molecule has 2 atom stereocenters. The zero-order valence-corrected chi connectivity index (χ0v) is 16.7. The normalized spacial score (nSPS) is 26.1. The molecule has 3 saturated heterocycles. The van der Waals surface area contributed by atoms with Crippen LogP contribution in [-0.4, -0.2) is 52.1 Å². The summed E-state index contributed by atoms with van der Waals surface area (Å²) in [6, 6.07) is 7.97. The van der Waals surface area contributed by atoms with Crippen LogP contribution in [0.25, 0.3) is 0 Å². The van der Waals surface area contributed by atoms with Gasteiger partial charge in [0.2, 0.25) is 5.91 Å².